The average Bonchev–Trinajstić information content (AvgIpc) is 2.83. The van der Waals surface area contributed by atoms with Crippen molar-refractivity contribution in [3.8, 4) is 0 Å². The molecule has 0 saturated carbocycles. The van der Waals surface area contributed by atoms with E-state index in [2.05, 4.69) is 5.32 Å². The lowest BCUT2D eigenvalue weighted by Crippen LogP contribution is -2.32. The van der Waals surface area contributed by atoms with E-state index in [1.54, 1.807) is 0 Å². The predicted molar refractivity (Wildman–Crippen MR) is 79.9 cm³/mol. The molecular formula is C11H19N3O4S2. The van der Waals surface area contributed by atoms with Gasteiger partial charge in [-0.1, -0.05) is 25.2 Å². The third kappa shape index (κ3) is 3.47. The fourth-order valence-electron chi connectivity index (χ4n) is 1.78. The quantitative estimate of drug-likeness (QED) is 0.586. The van der Waals surface area contributed by atoms with Gasteiger partial charge in [-0.15, -0.1) is 0 Å². The largest absolute Gasteiger partial charge is 0.374 e. The van der Waals surface area contributed by atoms with Gasteiger partial charge in [0.15, 0.2) is 5.00 Å². The first-order chi connectivity index (χ1) is 9.38. The lowest BCUT2D eigenvalue weighted by atomic mass is 10.4. The van der Waals surface area contributed by atoms with E-state index >= 15 is 0 Å². The van der Waals surface area contributed by atoms with Crippen molar-refractivity contribution in [2.75, 3.05) is 25.5 Å². The van der Waals surface area contributed by atoms with Gasteiger partial charge in [-0.2, -0.15) is 4.31 Å². The third-order valence-electron chi connectivity index (χ3n) is 2.65. The molecule has 1 heterocycles. The number of sulfonamides is 1. The minimum atomic E-state index is -3.66. The summed E-state index contributed by atoms with van der Waals surface area (Å²) < 4.78 is 26.4. The van der Waals surface area contributed by atoms with Crippen LogP contribution in [0.5, 0.6) is 0 Å². The van der Waals surface area contributed by atoms with Crippen LogP contribution in [-0.4, -0.2) is 37.8 Å². The van der Waals surface area contributed by atoms with Crippen molar-refractivity contribution < 1.29 is 13.3 Å². The van der Waals surface area contributed by atoms with Crippen molar-refractivity contribution in [1.29, 1.82) is 0 Å². The molecule has 0 saturated heterocycles. The highest BCUT2D eigenvalue weighted by molar-refractivity contribution is 7.91. The molecule has 1 aromatic rings. The van der Waals surface area contributed by atoms with Gasteiger partial charge in [-0.25, -0.2) is 8.42 Å². The van der Waals surface area contributed by atoms with Crippen LogP contribution in [0, 0.1) is 10.1 Å². The summed E-state index contributed by atoms with van der Waals surface area (Å²) in [4.78, 5) is 10.3. The minimum absolute atomic E-state index is 0.00968. The van der Waals surface area contributed by atoms with Gasteiger partial charge in [-0.05, 0) is 12.8 Å². The Morgan fingerprint density at radius 3 is 2.25 bits per heavy atom. The van der Waals surface area contributed by atoms with E-state index in [9.17, 15) is 18.5 Å². The van der Waals surface area contributed by atoms with Crippen LogP contribution in [0.3, 0.4) is 0 Å². The molecule has 0 atom stereocenters. The molecule has 0 aliphatic carbocycles. The van der Waals surface area contributed by atoms with E-state index in [-0.39, 0.29) is 14.9 Å². The number of nitrogens with zero attached hydrogens (tertiary/aromatic N) is 2. The van der Waals surface area contributed by atoms with Gasteiger partial charge in [0.25, 0.3) is 10.0 Å². The number of rotatable bonds is 8. The molecule has 1 N–H and O–H groups in total. The normalized spacial score (nSPS) is 11.8. The molecule has 0 fully saturated rings. The Morgan fingerprint density at radius 1 is 1.35 bits per heavy atom. The molecule has 0 aliphatic rings. The lowest BCUT2D eigenvalue weighted by Gasteiger charge is -2.19. The second-order valence-corrected chi connectivity index (χ2v) is 7.41. The van der Waals surface area contributed by atoms with Gasteiger partial charge in [-0.3, -0.25) is 10.1 Å². The molecule has 0 bridgehead atoms. The maximum absolute atomic E-state index is 12.5. The molecule has 20 heavy (non-hydrogen) atoms. The summed E-state index contributed by atoms with van der Waals surface area (Å²) in [6.07, 6.45) is 1.40. The number of hydrogen-bond acceptors (Lipinski definition) is 6. The van der Waals surface area contributed by atoms with Gasteiger partial charge in [0.1, 0.15) is 4.21 Å². The van der Waals surface area contributed by atoms with Crippen molar-refractivity contribution in [1.82, 2.24) is 4.31 Å². The van der Waals surface area contributed by atoms with Crippen LogP contribution in [0.1, 0.15) is 26.7 Å². The van der Waals surface area contributed by atoms with Crippen LogP contribution in [0.2, 0.25) is 0 Å². The summed E-state index contributed by atoms with van der Waals surface area (Å²) in [6.45, 7) is 4.62. The van der Waals surface area contributed by atoms with Gasteiger partial charge < -0.3 is 5.32 Å². The van der Waals surface area contributed by atoms with Crippen molar-refractivity contribution in [2.24, 2.45) is 0 Å². The van der Waals surface area contributed by atoms with Gasteiger partial charge in [0.05, 0.1) is 4.92 Å². The van der Waals surface area contributed by atoms with Crippen LogP contribution in [0.25, 0.3) is 0 Å². The fourth-order valence-corrected chi connectivity index (χ4v) is 4.84. The molecular weight excluding hydrogens is 302 g/mol. The predicted octanol–water partition coefficient (Wildman–Crippen LogP) is 2.51. The van der Waals surface area contributed by atoms with Gasteiger partial charge in [0.2, 0.25) is 0 Å². The van der Waals surface area contributed by atoms with Crippen LogP contribution < -0.4 is 5.32 Å². The zero-order valence-electron chi connectivity index (χ0n) is 11.7. The second kappa shape index (κ2) is 7.00. The molecule has 9 heteroatoms. The highest BCUT2D eigenvalue weighted by Gasteiger charge is 2.29. The van der Waals surface area contributed by atoms with E-state index in [0.29, 0.717) is 25.9 Å². The smallest absolute Gasteiger partial charge is 0.304 e. The first-order valence-electron chi connectivity index (χ1n) is 6.34. The molecule has 0 spiro atoms. The first-order valence-corrected chi connectivity index (χ1v) is 8.60. The zero-order chi connectivity index (χ0) is 15.3. The SMILES string of the molecule is CCCN(CCC)S(=O)(=O)c1cc([N+](=O)[O-])c(NC)s1. The van der Waals surface area contributed by atoms with E-state index < -0.39 is 14.9 Å². The summed E-state index contributed by atoms with van der Waals surface area (Å²) in [5.74, 6) is 0. The van der Waals surface area contributed by atoms with Gasteiger partial charge >= 0.3 is 5.69 Å². The maximum Gasteiger partial charge on any atom is 0.304 e. The topological polar surface area (TPSA) is 92.5 Å². The molecule has 1 rings (SSSR count). The second-order valence-electron chi connectivity index (χ2n) is 4.19. The molecule has 0 unspecified atom stereocenters. The van der Waals surface area contributed by atoms with Crippen LogP contribution in [0.15, 0.2) is 10.3 Å². The Kier molecular flexibility index (Phi) is 5.90. The number of nitrogens with one attached hydrogen (secondary N) is 1. The highest BCUT2D eigenvalue weighted by atomic mass is 32.2. The summed E-state index contributed by atoms with van der Waals surface area (Å²) in [6, 6.07) is 1.13. The number of hydrogen-bond donors (Lipinski definition) is 1. The zero-order valence-corrected chi connectivity index (χ0v) is 13.4. The van der Waals surface area contributed by atoms with E-state index in [1.807, 2.05) is 13.8 Å². The van der Waals surface area contributed by atoms with E-state index in [1.165, 1.54) is 11.4 Å². The van der Waals surface area contributed by atoms with Crippen molar-refractivity contribution in [3.63, 3.8) is 0 Å². The minimum Gasteiger partial charge on any atom is -0.374 e. The number of anilines is 1. The van der Waals surface area contributed by atoms with Gasteiger partial charge in [0, 0.05) is 26.2 Å². The molecule has 0 amide bonds. The summed E-state index contributed by atoms with van der Waals surface area (Å²) in [5, 5.41) is 13.8. The maximum atomic E-state index is 12.5. The number of nitro groups is 1. The molecule has 7 nitrogen and oxygen atoms in total. The van der Waals surface area contributed by atoms with Crippen LogP contribution in [0.4, 0.5) is 10.7 Å². The summed E-state index contributed by atoms with van der Waals surface area (Å²) in [7, 11) is -2.13. The molecule has 0 aliphatic heterocycles. The molecule has 0 radical (unpaired) electrons. The standard InChI is InChI=1S/C11H19N3O4S2/c1-4-6-13(7-5-2)20(17,18)10-8-9(14(15)16)11(12-3)19-10/h8,12H,4-7H2,1-3H3. The summed E-state index contributed by atoms with van der Waals surface area (Å²) in [5.41, 5.74) is -0.205. The van der Waals surface area contributed by atoms with E-state index in [4.69, 9.17) is 0 Å². The molecule has 114 valence electrons. The lowest BCUT2D eigenvalue weighted by molar-refractivity contribution is -0.383. The highest BCUT2D eigenvalue weighted by Crippen LogP contribution is 2.37. The van der Waals surface area contributed by atoms with Crippen molar-refractivity contribution in [3.05, 3.63) is 16.2 Å². The third-order valence-corrected chi connectivity index (χ3v) is 6.14. The Balaban J connectivity index is 3.23. The van der Waals surface area contributed by atoms with Crippen LogP contribution >= 0.6 is 11.3 Å². The van der Waals surface area contributed by atoms with E-state index in [0.717, 1.165) is 17.4 Å². The Bertz CT molecular complexity index is 562. The van der Waals surface area contributed by atoms with Crippen molar-refractivity contribution >= 4 is 32.0 Å². The Hall–Kier alpha value is -1.19. The Morgan fingerprint density at radius 2 is 1.90 bits per heavy atom. The molecule has 0 aromatic carbocycles. The monoisotopic (exact) mass is 321 g/mol. The molecule has 1 aromatic heterocycles. The van der Waals surface area contributed by atoms with Crippen LogP contribution in [-0.2, 0) is 10.0 Å². The fraction of sp³-hybridized carbons (Fsp3) is 0.636. The summed E-state index contributed by atoms with van der Waals surface area (Å²) >= 11 is 0.892. The Labute approximate surface area is 122 Å². The van der Waals surface area contributed by atoms with Crippen molar-refractivity contribution in [2.45, 2.75) is 30.9 Å². The number of thiophene rings is 1. The average molecular weight is 321 g/mol. The first kappa shape index (κ1) is 16.9.